The van der Waals surface area contributed by atoms with E-state index in [1.54, 1.807) is 0 Å². The van der Waals surface area contributed by atoms with Crippen LogP contribution in [0.25, 0.3) is 0 Å². The van der Waals surface area contributed by atoms with Gasteiger partial charge in [-0.2, -0.15) is 0 Å². The molecule has 1 aromatic rings. The minimum atomic E-state index is 0.0957. The molecule has 1 atom stereocenters. The van der Waals surface area contributed by atoms with Crippen molar-refractivity contribution in [3.05, 3.63) is 34.9 Å². The van der Waals surface area contributed by atoms with E-state index >= 15 is 0 Å². The van der Waals surface area contributed by atoms with E-state index in [-0.39, 0.29) is 11.7 Å². The van der Waals surface area contributed by atoms with E-state index in [1.165, 1.54) is 0 Å². The number of benzene rings is 1. The van der Waals surface area contributed by atoms with Gasteiger partial charge in [0, 0.05) is 18.0 Å². The van der Waals surface area contributed by atoms with Gasteiger partial charge in [-0.05, 0) is 24.0 Å². The molecule has 2 nitrogen and oxygen atoms in total. The van der Waals surface area contributed by atoms with Gasteiger partial charge in [0.2, 0.25) is 0 Å². The van der Waals surface area contributed by atoms with Gasteiger partial charge in [-0.3, -0.25) is 4.79 Å². The quantitative estimate of drug-likeness (QED) is 0.774. The lowest BCUT2D eigenvalue weighted by atomic mass is 9.90. The number of Topliss-reactive ketones (excluding diaryl/α,β-unsaturated/α-hetero) is 1. The van der Waals surface area contributed by atoms with Gasteiger partial charge in [0.05, 0.1) is 0 Å². The third-order valence-electron chi connectivity index (χ3n) is 3.17. The minimum absolute atomic E-state index is 0.0957. The molecule has 2 N–H and O–H groups in total. The fourth-order valence-electron chi connectivity index (χ4n) is 1.93. The highest BCUT2D eigenvalue weighted by atomic mass is 16.1. The van der Waals surface area contributed by atoms with E-state index in [2.05, 4.69) is 6.92 Å². The fraction of sp³-hybridized carbons (Fsp3) is 0.500. The maximum Gasteiger partial charge on any atom is 0.165 e. The summed E-state index contributed by atoms with van der Waals surface area (Å²) in [4.78, 5) is 12.2. The first-order valence-electron chi connectivity index (χ1n) is 6.00. The fourth-order valence-corrected chi connectivity index (χ4v) is 1.93. The molecule has 0 fully saturated rings. The Morgan fingerprint density at radius 2 is 2.06 bits per heavy atom. The third-order valence-corrected chi connectivity index (χ3v) is 3.17. The maximum absolute atomic E-state index is 12.2. The average Bonchev–Trinajstić information content (AvgIpc) is 2.35. The molecule has 0 radical (unpaired) electrons. The molecule has 1 aromatic carbocycles. The van der Waals surface area contributed by atoms with Gasteiger partial charge in [0.1, 0.15) is 0 Å². The monoisotopic (exact) mass is 219 g/mol. The number of hydrogen-bond acceptors (Lipinski definition) is 2. The van der Waals surface area contributed by atoms with Gasteiger partial charge in [-0.25, -0.2) is 0 Å². The van der Waals surface area contributed by atoms with E-state index in [0.29, 0.717) is 6.54 Å². The molecular weight excluding hydrogens is 198 g/mol. The summed E-state index contributed by atoms with van der Waals surface area (Å²) in [5, 5.41) is 0. The highest BCUT2D eigenvalue weighted by Gasteiger charge is 2.17. The summed E-state index contributed by atoms with van der Waals surface area (Å²) in [6.45, 7) is 6.60. The Labute approximate surface area is 97.9 Å². The van der Waals surface area contributed by atoms with Crippen molar-refractivity contribution in [3.63, 3.8) is 0 Å². The van der Waals surface area contributed by atoms with Gasteiger partial charge in [0.15, 0.2) is 5.78 Å². The van der Waals surface area contributed by atoms with Crippen LogP contribution in [0.4, 0.5) is 0 Å². The van der Waals surface area contributed by atoms with Crippen LogP contribution in [0.15, 0.2) is 18.2 Å². The van der Waals surface area contributed by atoms with Crippen molar-refractivity contribution < 1.29 is 4.79 Å². The lowest BCUT2D eigenvalue weighted by Gasteiger charge is -2.14. The van der Waals surface area contributed by atoms with Crippen LogP contribution in [-0.4, -0.2) is 5.78 Å². The molecule has 0 aliphatic rings. The summed E-state index contributed by atoms with van der Waals surface area (Å²) in [6.07, 6.45) is 1.75. The first-order chi connectivity index (χ1) is 7.65. The number of hydrogen-bond donors (Lipinski definition) is 1. The lowest BCUT2D eigenvalue weighted by Crippen LogP contribution is -2.14. The molecule has 0 aliphatic heterocycles. The first kappa shape index (κ1) is 12.9. The number of rotatable bonds is 5. The Morgan fingerprint density at radius 1 is 1.38 bits per heavy atom. The van der Waals surface area contributed by atoms with Crippen molar-refractivity contribution in [2.75, 3.05) is 0 Å². The van der Waals surface area contributed by atoms with Gasteiger partial charge in [-0.1, -0.05) is 39.0 Å². The summed E-state index contributed by atoms with van der Waals surface area (Å²) in [5.41, 5.74) is 8.77. The predicted octanol–water partition coefficient (Wildman–Crippen LogP) is 2.94. The average molecular weight is 219 g/mol. The van der Waals surface area contributed by atoms with Crippen molar-refractivity contribution in [3.8, 4) is 0 Å². The molecule has 2 heteroatoms. The number of carbonyl (C=O) groups excluding carboxylic acids is 1. The Morgan fingerprint density at radius 3 is 2.56 bits per heavy atom. The largest absolute Gasteiger partial charge is 0.326 e. The molecule has 0 unspecified atom stereocenters. The van der Waals surface area contributed by atoms with Gasteiger partial charge >= 0.3 is 0 Å². The molecule has 0 saturated heterocycles. The first-order valence-corrected chi connectivity index (χ1v) is 6.00. The Balaban J connectivity index is 3.17. The van der Waals surface area contributed by atoms with Crippen LogP contribution in [0, 0.1) is 5.92 Å². The van der Waals surface area contributed by atoms with Crippen LogP contribution in [0.2, 0.25) is 0 Å². The second-order valence-electron chi connectivity index (χ2n) is 4.17. The summed E-state index contributed by atoms with van der Waals surface area (Å²) < 4.78 is 0. The summed E-state index contributed by atoms with van der Waals surface area (Å²) in [5.74, 6) is 0.341. The summed E-state index contributed by atoms with van der Waals surface area (Å²) >= 11 is 0. The van der Waals surface area contributed by atoms with Crippen LogP contribution in [0.1, 0.15) is 48.7 Å². The van der Waals surface area contributed by atoms with Crippen LogP contribution < -0.4 is 5.73 Å². The van der Waals surface area contributed by atoms with E-state index in [0.717, 1.165) is 29.5 Å². The van der Waals surface area contributed by atoms with Crippen molar-refractivity contribution in [1.82, 2.24) is 0 Å². The van der Waals surface area contributed by atoms with E-state index in [9.17, 15) is 4.79 Å². The molecule has 1 rings (SSSR count). The van der Waals surface area contributed by atoms with Crippen LogP contribution >= 0.6 is 0 Å². The highest BCUT2D eigenvalue weighted by molar-refractivity contribution is 5.99. The summed E-state index contributed by atoms with van der Waals surface area (Å²) in [7, 11) is 0. The molecule has 0 amide bonds. The summed E-state index contributed by atoms with van der Waals surface area (Å²) in [6, 6.07) is 5.86. The second kappa shape index (κ2) is 5.80. The molecule has 0 saturated carbocycles. The maximum atomic E-state index is 12.2. The lowest BCUT2D eigenvalue weighted by molar-refractivity contribution is 0.0926. The minimum Gasteiger partial charge on any atom is -0.326 e. The Hall–Kier alpha value is -1.15. The topological polar surface area (TPSA) is 43.1 Å². The zero-order valence-corrected chi connectivity index (χ0v) is 10.4. The highest BCUT2D eigenvalue weighted by Crippen LogP contribution is 2.20. The predicted molar refractivity (Wildman–Crippen MR) is 67.5 cm³/mol. The molecule has 0 aromatic heterocycles. The van der Waals surface area contributed by atoms with Crippen molar-refractivity contribution in [1.29, 1.82) is 0 Å². The number of ketones is 1. The molecule has 16 heavy (non-hydrogen) atoms. The van der Waals surface area contributed by atoms with Gasteiger partial charge in [-0.15, -0.1) is 0 Å². The molecule has 0 aliphatic carbocycles. The van der Waals surface area contributed by atoms with Crippen LogP contribution in [-0.2, 0) is 13.0 Å². The zero-order valence-electron chi connectivity index (χ0n) is 10.4. The van der Waals surface area contributed by atoms with E-state index in [1.807, 2.05) is 32.0 Å². The second-order valence-corrected chi connectivity index (χ2v) is 4.17. The SMILES string of the molecule is CCc1c(CN)cccc1C(=O)[C@H](C)CC. The number of nitrogens with two attached hydrogens (primary N) is 1. The number of carbonyl (C=O) groups is 1. The standard InChI is InChI=1S/C14H21NO/c1-4-10(3)14(16)13-8-6-7-11(9-15)12(13)5-2/h6-8,10H,4-5,9,15H2,1-3H3/t10-/m1/s1. The molecule has 88 valence electrons. The van der Waals surface area contributed by atoms with Crippen LogP contribution in [0.3, 0.4) is 0 Å². The van der Waals surface area contributed by atoms with E-state index in [4.69, 9.17) is 5.73 Å². The normalized spacial score (nSPS) is 12.5. The molecule has 0 spiro atoms. The zero-order chi connectivity index (χ0) is 12.1. The Bertz CT molecular complexity index is 371. The van der Waals surface area contributed by atoms with Gasteiger partial charge < -0.3 is 5.73 Å². The van der Waals surface area contributed by atoms with Crippen molar-refractivity contribution in [2.45, 2.75) is 40.2 Å². The van der Waals surface area contributed by atoms with Crippen LogP contribution in [0.5, 0.6) is 0 Å². The van der Waals surface area contributed by atoms with Gasteiger partial charge in [0.25, 0.3) is 0 Å². The molecular formula is C14H21NO. The van der Waals surface area contributed by atoms with Crippen molar-refractivity contribution >= 4 is 5.78 Å². The molecule has 0 heterocycles. The Kier molecular flexibility index (Phi) is 4.69. The molecule has 0 bridgehead atoms. The third kappa shape index (κ3) is 2.50. The van der Waals surface area contributed by atoms with E-state index < -0.39 is 0 Å². The smallest absolute Gasteiger partial charge is 0.165 e. The van der Waals surface area contributed by atoms with Crippen molar-refractivity contribution in [2.24, 2.45) is 11.7 Å².